The van der Waals surface area contributed by atoms with Crippen molar-refractivity contribution in [1.82, 2.24) is 5.32 Å². The lowest BCUT2D eigenvalue weighted by molar-refractivity contribution is -0.126. The summed E-state index contributed by atoms with van der Waals surface area (Å²) >= 11 is 0. The van der Waals surface area contributed by atoms with Crippen molar-refractivity contribution in [2.24, 2.45) is 11.5 Å². The first-order valence-corrected chi connectivity index (χ1v) is 6.62. The van der Waals surface area contributed by atoms with E-state index in [9.17, 15) is 9.59 Å². The van der Waals surface area contributed by atoms with Crippen molar-refractivity contribution in [2.75, 3.05) is 0 Å². The Bertz CT molecular complexity index is 530. The van der Waals surface area contributed by atoms with E-state index in [0.29, 0.717) is 5.75 Å². The number of carbonyl (C=O) groups is 2. The van der Waals surface area contributed by atoms with Crippen molar-refractivity contribution in [2.45, 2.75) is 38.3 Å². The van der Waals surface area contributed by atoms with Gasteiger partial charge in [0.2, 0.25) is 0 Å². The maximum atomic E-state index is 11.5. The van der Waals surface area contributed by atoms with E-state index in [2.05, 4.69) is 0 Å². The summed E-state index contributed by atoms with van der Waals surface area (Å²) in [5.74, 6) is -0.00672. The molecule has 0 fully saturated rings. The van der Waals surface area contributed by atoms with Gasteiger partial charge in [-0.25, -0.2) is 4.79 Å². The lowest BCUT2D eigenvalue weighted by Crippen LogP contribution is -2.42. The molecule has 1 aromatic rings. The van der Waals surface area contributed by atoms with Crippen LogP contribution in [-0.2, 0) is 11.2 Å². The van der Waals surface area contributed by atoms with Crippen molar-refractivity contribution in [1.29, 1.82) is 0 Å². The van der Waals surface area contributed by atoms with Crippen LogP contribution < -0.4 is 21.5 Å². The highest BCUT2D eigenvalue weighted by molar-refractivity contribution is 5.95. The Balaban J connectivity index is 2.08. The summed E-state index contributed by atoms with van der Waals surface area (Å²) in [6.07, 6.45) is 2.25. The molecular formula is C14H19N3O3. The minimum absolute atomic E-state index is 0.0112. The Morgan fingerprint density at radius 1 is 1.45 bits per heavy atom. The first-order chi connectivity index (χ1) is 9.47. The number of nitrogens with one attached hydrogen (secondary N) is 1. The molecule has 1 aliphatic rings. The molecule has 3 amide bonds. The van der Waals surface area contributed by atoms with Gasteiger partial charge in [0.05, 0.1) is 0 Å². The number of carbonyl (C=O) groups excluding carboxylic acids is 2. The van der Waals surface area contributed by atoms with Gasteiger partial charge in [0.1, 0.15) is 5.75 Å². The number of amides is 3. The molecule has 1 unspecified atom stereocenters. The molecule has 0 spiro atoms. The van der Waals surface area contributed by atoms with Crippen LogP contribution in [0, 0.1) is 0 Å². The highest BCUT2D eigenvalue weighted by Gasteiger charge is 2.20. The fraction of sp³-hybridized carbons (Fsp3) is 0.429. The minimum atomic E-state index is -0.891. The largest absolute Gasteiger partial charge is 0.481 e. The average Bonchev–Trinajstić information content (AvgIpc) is 2.39. The van der Waals surface area contributed by atoms with Gasteiger partial charge in [-0.15, -0.1) is 0 Å². The molecule has 6 heteroatoms. The standard InChI is InChI=1S/C14H19N3O3/c1-8(13(18)17-14(16)19)20-10-6-5-9-3-2-4-12(15)11(9)7-10/h5-8,12H,2-4,15H2,1H3,(H3,16,17,18,19)/t8?,12-/m0/s1. The van der Waals surface area contributed by atoms with Crippen molar-refractivity contribution >= 4 is 11.9 Å². The van der Waals surface area contributed by atoms with E-state index in [-0.39, 0.29) is 6.04 Å². The molecule has 2 rings (SSSR count). The van der Waals surface area contributed by atoms with Crippen LogP contribution in [0.2, 0.25) is 0 Å². The molecule has 1 aliphatic carbocycles. The Morgan fingerprint density at radius 2 is 2.20 bits per heavy atom. The van der Waals surface area contributed by atoms with E-state index < -0.39 is 18.0 Å². The highest BCUT2D eigenvalue weighted by Crippen LogP contribution is 2.31. The Labute approximate surface area is 117 Å². The van der Waals surface area contributed by atoms with Crippen molar-refractivity contribution in [3.8, 4) is 5.75 Å². The molecule has 2 atom stereocenters. The molecule has 20 heavy (non-hydrogen) atoms. The van der Waals surface area contributed by atoms with E-state index in [1.165, 1.54) is 5.56 Å². The van der Waals surface area contributed by atoms with Gasteiger partial charge in [0.25, 0.3) is 5.91 Å². The Kier molecular flexibility index (Phi) is 4.24. The summed E-state index contributed by atoms with van der Waals surface area (Å²) in [6, 6.07) is 4.77. The number of nitrogens with two attached hydrogens (primary N) is 2. The van der Waals surface area contributed by atoms with E-state index >= 15 is 0 Å². The second-order valence-corrected chi connectivity index (χ2v) is 4.97. The molecule has 0 radical (unpaired) electrons. The maximum absolute atomic E-state index is 11.5. The Hall–Kier alpha value is -2.08. The lowest BCUT2D eigenvalue weighted by atomic mass is 9.88. The van der Waals surface area contributed by atoms with Crippen molar-refractivity contribution in [3.63, 3.8) is 0 Å². The number of aryl methyl sites for hydroxylation is 1. The summed E-state index contributed by atoms with van der Waals surface area (Å²) < 4.78 is 5.52. The van der Waals surface area contributed by atoms with Crippen LogP contribution in [0.4, 0.5) is 4.79 Å². The van der Waals surface area contributed by atoms with Crippen molar-refractivity contribution in [3.05, 3.63) is 29.3 Å². The number of primary amides is 1. The lowest BCUT2D eigenvalue weighted by Gasteiger charge is -2.23. The zero-order valence-electron chi connectivity index (χ0n) is 11.4. The topological polar surface area (TPSA) is 107 Å². The quantitative estimate of drug-likeness (QED) is 0.765. The van der Waals surface area contributed by atoms with Gasteiger partial charge in [-0.2, -0.15) is 0 Å². The number of fused-ring (bicyclic) bond motifs is 1. The van der Waals surface area contributed by atoms with Gasteiger partial charge < -0.3 is 16.2 Å². The second kappa shape index (κ2) is 5.92. The molecule has 1 aromatic carbocycles. The summed E-state index contributed by atoms with van der Waals surface area (Å²) in [7, 11) is 0. The summed E-state index contributed by atoms with van der Waals surface area (Å²) in [5.41, 5.74) is 13.3. The van der Waals surface area contributed by atoms with E-state index in [0.717, 1.165) is 24.8 Å². The van der Waals surface area contributed by atoms with E-state index in [1.54, 1.807) is 6.92 Å². The van der Waals surface area contributed by atoms with Crippen LogP contribution in [0.15, 0.2) is 18.2 Å². The normalized spacial score (nSPS) is 18.8. The number of ether oxygens (including phenoxy) is 1. The number of hydrogen-bond acceptors (Lipinski definition) is 4. The number of urea groups is 1. The predicted molar refractivity (Wildman–Crippen MR) is 74.1 cm³/mol. The zero-order chi connectivity index (χ0) is 14.7. The molecular weight excluding hydrogens is 258 g/mol. The first-order valence-electron chi connectivity index (χ1n) is 6.62. The van der Waals surface area contributed by atoms with Crippen LogP contribution in [0.1, 0.15) is 36.9 Å². The van der Waals surface area contributed by atoms with Crippen LogP contribution in [0.3, 0.4) is 0 Å². The van der Waals surface area contributed by atoms with Gasteiger partial charge in [-0.05, 0) is 49.4 Å². The second-order valence-electron chi connectivity index (χ2n) is 4.97. The SMILES string of the molecule is CC(Oc1ccc2c(c1)[C@@H](N)CCC2)C(=O)NC(N)=O. The summed E-state index contributed by atoms with van der Waals surface area (Å²) in [6.45, 7) is 1.55. The number of hydrogen-bond donors (Lipinski definition) is 3. The van der Waals surface area contributed by atoms with Crippen LogP contribution in [0.5, 0.6) is 5.75 Å². The summed E-state index contributed by atoms with van der Waals surface area (Å²) in [4.78, 5) is 22.2. The molecule has 108 valence electrons. The van der Waals surface area contributed by atoms with Gasteiger partial charge in [-0.3, -0.25) is 10.1 Å². The third-order valence-corrected chi connectivity index (χ3v) is 3.41. The minimum Gasteiger partial charge on any atom is -0.481 e. The Morgan fingerprint density at radius 3 is 2.90 bits per heavy atom. The van der Waals surface area contributed by atoms with Gasteiger partial charge >= 0.3 is 6.03 Å². The van der Waals surface area contributed by atoms with Crippen LogP contribution >= 0.6 is 0 Å². The molecule has 6 nitrogen and oxygen atoms in total. The molecule has 0 bridgehead atoms. The van der Waals surface area contributed by atoms with Gasteiger partial charge in [0.15, 0.2) is 6.10 Å². The zero-order valence-corrected chi connectivity index (χ0v) is 11.4. The monoisotopic (exact) mass is 277 g/mol. The number of benzene rings is 1. The first kappa shape index (κ1) is 14.3. The molecule has 0 aromatic heterocycles. The van der Waals surface area contributed by atoms with Crippen LogP contribution in [-0.4, -0.2) is 18.0 Å². The molecule has 0 aliphatic heterocycles. The molecule has 0 heterocycles. The van der Waals surface area contributed by atoms with Gasteiger partial charge in [-0.1, -0.05) is 6.07 Å². The van der Waals surface area contributed by atoms with E-state index in [1.807, 2.05) is 23.5 Å². The third kappa shape index (κ3) is 3.27. The summed E-state index contributed by atoms with van der Waals surface area (Å²) in [5, 5.41) is 1.98. The number of imide groups is 1. The maximum Gasteiger partial charge on any atom is 0.318 e. The number of rotatable bonds is 3. The third-order valence-electron chi connectivity index (χ3n) is 3.41. The fourth-order valence-corrected chi connectivity index (χ4v) is 2.37. The van der Waals surface area contributed by atoms with Gasteiger partial charge in [0, 0.05) is 6.04 Å². The molecule has 0 saturated carbocycles. The van der Waals surface area contributed by atoms with Crippen LogP contribution in [0.25, 0.3) is 0 Å². The predicted octanol–water partition coefficient (Wildman–Crippen LogP) is 0.985. The van der Waals surface area contributed by atoms with E-state index in [4.69, 9.17) is 16.2 Å². The molecule has 5 N–H and O–H groups in total. The van der Waals surface area contributed by atoms with Crippen molar-refractivity contribution < 1.29 is 14.3 Å². The molecule has 0 saturated heterocycles. The fourth-order valence-electron chi connectivity index (χ4n) is 2.37. The average molecular weight is 277 g/mol. The highest BCUT2D eigenvalue weighted by atomic mass is 16.5. The smallest absolute Gasteiger partial charge is 0.318 e.